The van der Waals surface area contributed by atoms with Crippen LogP contribution in [-0.2, 0) is 25.8 Å². The van der Waals surface area contributed by atoms with Gasteiger partial charge < -0.3 is 24.8 Å². The van der Waals surface area contributed by atoms with E-state index in [2.05, 4.69) is 173 Å². The van der Waals surface area contributed by atoms with Gasteiger partial charge in [0, 0.05) is 0 Å². The molecule has 0 fully saturated rings. The summed E-state index contributed by atoms with van der Waals surface area (Å²) in [5, 5.41) is 10.7. The largest absolute Gasteiger partial charge is 4.00 e. The average Bonchev–Trinajstić information content (AvgIpc) is 3.70. The molecular weight excluding hydrogens is 778 g/mol. The fourth-order valence-corrected chi connectivity index (χ4v) is 6.57. The third-order valence-corrected chi connectivity index (χ3v) is 9.04. The molecule has 3 heteroatoms. The maximum atomic E-state index is 2.36. The van der Waals surface area contributed by atoms with Crippen LogP contribution in [0.4, 0.5) is 0 Å². The van der Waals surface area contributed by atoms with Gasteiger partial charge in [-0.2, -0.15) is 12.1 Å². The summed E-state index contributed by atoms with van der Waals surface area (Å²) >= 11 is 0. The van der Waals surface area contributed by atoms with E-state index in [1.54, 1.807) is 0 Å². The Morgan fingerprint density at radius 3 is 1.09 bits per heavy atom. The normalized spacial score (nSPS) is 10.9. The van der Waals surface area contributed by atoms with Gasteiger partial charge in [0.2, 0.25) is 0 Å². The summed E-state index contributed by atoms with van der Waals surface area (Å²) in [6.45, 7) is 9.02. The Hall–Kier alpha value is -3.49. The molecule has 0 radical (unpaired) electrons. The van der Waals surface area contributed by atoms with Crippen molar-refractivity contribution < 1.29 is 50.7 Å². The van der Waals surface area contributed by atoms with Crippen molar-refractivity contribution in [2.75, 3.05) is 0 Å². The molecule has 0 aliphatic carbocycles. The summed E-state index contributed by atoms with van der Waals surface area (Å²) in [4.78, 5) is 0. The summed E-state index contributed by atoms with van der Waals surface area (Å²) in [7, 11) is 0. The van der Waals surface area contributed by atoms with E-state index in [0.29, 0.717) is 11.8 Å². The van der Waals surface area contributed by atoms with E-state index in [1.807, 2.05) is 0 Å². The van der Waals surface area contributed by atoms with Crippen LogP contribution in [0.3, 0.4) is 0 Å². The van der Waals surface area contributed by atoms with E-state index in [1.165, 1.54) is 76.5 Å². The fraction of sp³-hybridized carbons (Fsp3) is 0.136. The quantitative estimate of drug-likeness (QED) is 0.133. The molecule has 232 valence electrons. The van der Waals surface area contributed by atoms with Gasteiger partial charge in [0.15, 0.2) is 0 Å². The van der Waals surface area contributed by atoms with Crippen LogP contribution >= 0.6 is 0 Å². The summed E-state index contributed by atoms with van der Waals surface area (Å²) in [5.74, 6) is 1.13. The molecule has 0 saturated carbocycles. The standard InChI is InChI=1S/2C22H19.2ClH.Hf/c2*1-15(2)18-13-17-9-6-12-21(22(17)14-18)20-11-5-8-16-7-3-4-10-19(16)20;;;/h2*3-15H,1-2H3;2*1H;/q2*-1;;;+4/p-2. The van der Waals surface area contributed by atoms with E-state index in [4.69, 9.17) is 0 Å². The van der Waals surface area contributed by atoms with Crippen LogP contribution in [0.25, 0.3) is 65.3 Å². The Morgan fingerprint density at radius 2 is 0.702 bits per heavy atom. The van der Waals surface area contributed by atoms with E-state index in [-0.39, 0.29) is 50.7 Å². The van der Waals surface area contributed by atoms with Crippen molar-refractivity contribution in [1.82, 2.24) is 0 Å². The second-order valence-electron chi connectivity index (χ2n) is 12.6. The maximum absolute atomic E-state index is 2.36. The molecule has 8 aromatic carbocycles. The Labute approximate surface area is 310 Å². The van der Waals surface area contributed by atoms with Crippen molar-refractivity contribution in [3.63, 3.8) is 0 Å². The van der Waals surface area contributed by atoms with Gasteiger partial charge in [-0.05, 0) is 44.5 Å². The van der Waals surface area contributed by atoms with Crippen LogP contribution in [0.1, 0.15) is 50.7 Å². The third kappa shape index (κ3) is 7.19. The molecule has 8 rings (SSSR count). The van der Waals surface area contributed by atoms with Crippen LogP contribution in [0, 0.1) is 0 Å². The molecular formula is C44H38Cl2Hf. The summed E-state index contributed by atoms with van der Waals surface area (Å²) in [5.41, 5.74) is 8.15. The van der Waals surface area contributed by atoms with Crippen molar-refractivity contribution in [1.29, 1.82) is 0 Å². The molecule has 0 saturated heterocycles. The fourth-order valence-electron chi connectivity index (χ4n) is 6.57. The second kappa shape index (κ2) is 15.6. The average molecular weight is 816 g/mol. The van der Waals surface area contributed by atoms with Crippen molar-refractivity contribution in [3.8, 4) is 22.3 Å². The van der Waals surface area contributed by atoms with Crippen molar-refractivity contribution in [2.24, 2.45) is 0 Å². The predicted molar refractivity (Wildman–Crippen MR) is 193 cm³/mol. The maximum Gasteiger partial charge on any atom is 4.00 e. The van der Waals surface area contributed by atoms with Crippen LogP contribution < -0.4 is 24.8 Å². The Bertz CT molecular complexity index is 2080. The molecule has 0 bridgehead atoms. The summed E-state index contributed by atoms with van der Waals surface area (Å²) < 4.78 is 0. The van der Waals surface area contributed by atoms with Crippen LogP contribution in [0.15, 0.2) is 146 Å². The van der Waals surface area contributed by atoms with E-state index < -0.39 is 0 Å². The first-order valence-corrected chi connectivity index (χ1v) is 15.8. The number of benzene rings is 6. The van der Waals surface area contributed by atoms with Gasteiger partial charge in [0.05, 0.1) is 0 Å². The summed E-state index contributed by atoms with van der Waals surface area (Å²) in [6.07, 6.45) is 0. The first kappa shape index (κ1) is 36.3. The molecule has 0 aromatic heterocycles. The van der Waals surface area contributed by atoms with Crippen LogP contribution in [0.2, 0.25) is 0 Å². The first-order valence-electron chi connectivity index (χ1n) is 15.8. The molecule has 0 unspecified atom stereocenters. The van der Waals surface area contributed by atoms with Crippen LogP contribution in [-0.4, -0.2) is 0 Å². The number of hydrogen-bond donors (Lipinski definition) is 0. The second-order valence-corrected chi connectivity index (χ2v) is 12.6. The molecule has 0 spiro atoms. The monoisotopic (exact) mass is 816 g/mol. The summed E-state index contributed by atoms with van der Waals surface area (Å²) in [6, 6.07) is 53.0. The zero-order valence-electron chi connectivity index (χ0n) is 27.3. The zero-order valence-corrected chi connectivity index (χ0v) is 32.4. The van der Waals surface area contributed by atoms with E-state index in [0.717, 1.165) is 0 Å². The minimum atomic E-state index is 0. The smallest absolute Gasteiger partial charge is 1.00 e. The van der Waals surface area contributed by atoms with E-state index in [9.17, 15) is 0 Å². The Morgan fingerprint density at radius 1 is 0.383 bits per heavy atom. The number of hydrogen-bond acceptors (Lipinski definition) is 0. The van der Waals surface area contributed by atoms with Crippen molar-refractivity contribution in [3.05, 3.63) is 157 Å². The van der Waals surface area contributed by atoms with Gasteiger partial charge in [0.25, 0.3) is 0 Å². The van der Waals surface area contributed by atoms with Gasteiger partial charge in [-0.1, -0.05) is 136 Å². The molecule has 47 heavy (non-hydrogen) atoms. The van der Waals surface area contributed by atoms with Crippen LogP contribution in [0.5, 0.6) is 0 Å². The predicted octanol–water partition coefficient (Wildman–Crippen LogP) is 7.01. The minimum Gasteiger partial charge on any atom is -1.00 e. The van der Waals surface area contributed by atoms with E-state index >= 15 is 0 Å². The molecule has 0 nitrogen and oxygen atoms in total. The van der Waals surface area contributed by atoms with Gasteiger partial charge in [-0.15, -0.1) is 69.1 Å². The molecule has 8 aromatic rings. The number of halogens is 2. The molecule has 0 aliphatic rings. The Kier molecular flexibility index (Phi) is 12.1. The van der Waals surface area contributed by atoms with Gasteiger partial charge in [-0.25, -0.2) is 0 Å². The van der Waals surface area contributed by atoms with Crippen molar-refractivity contribution in [2.45, 2.75) is 39.5 Å². The molecule has 0 N–H and O–H groups in total. The van der Waals surface area contributed by atoms with Gasteiger partial charge in [-0.3, -0.25) is 0 Å². The number of rotatable bonds is 4. The third-order valence-electron chi connectivity index (χ3n) is 9.04. The van der Waals surface area contributed by atoms with Crippen molar-refractivity contribution >= 4 is 43.1 Å². The molecule has 0 amide bonds. The number of fused-ring (bicyclic) bond motifs is 4. The zero-order chi connectivity index (χ0) is 30.2. The minimum absolute atomic E-state index is 0. The van der Waals surface area contributed by atoms with Gasteiger partial charge >= 0.3 is 25.8 Å². The SMILES string of the molecule is CC(C)c1cc2c(-c3cccc4ccccc34)cccc2[cH-]1.CC(C)c1cc2c(-c3cccc4ccccc34)cccc2[cH-]1.[Cl-].[Cl-].[Hf+4]. The Balaban J connectivity index is 0.000000200. The molecule has 0 heterocycles. The first-order chi connectivity index (χ1) is 21.5. The molecule has 0 aliphatic heterocycles. The van der Waals surface area contributed by atoms with Gasteiger partial charge in [0.1, 0.15) is 0 Å². The molecule has 0 atom stereocenters. The topological polar surface area (TPSA) is 0 Å².